The molecule has 14 heteroatoms. The molecule has 0 unspecified atom stereocenters. The standard InChI is InChI=1S/C6H8N7O6P/c7-5-10-3-2(4(14)11-5)9-1-12(3)13(6(8)15)19-20(16,17)18/h1H,(H2,8,15)(H2,16,17,18)(H3,7,10,11,14). The summed E-state index contributed by atoms with van der Waals surface area (Å²) in [5, 5.41) is 0.00198. The highest BCUT2D eigenvalue weighted by atomic mass is 31.2. The lowest BCUT2D eigenvalue weighted by Crippen LogP contribution is -2.43. The molecule has 0 aliphatic carbocycles. The van der Waals surface area contributed by atoms with E-state index in [1.807, 2.05) is 0 Å². The van der Waals surface area contributed by atoms with Gasteiger partial charge in [0.1, 0.15) is 6.33 Å². The second-order valence-electron chi connectivity index (χ2n) is 3.40. The van der Waals surface area contributed by atoms with E-state index in [4.69, 9.17) is 21.3 Å². The number of carbonyl (C=O) groups is 1. The fourth-order valence-electron chi connectivity index (χ4n) is 1.33. The lowest BCUT2D eigenvalue weighted by molar-refractivity contribution is 0.141. The zero-order valence-electron chi connectivity index (χ0n) is 9.50. The van der Waals surface area contributed by atoms with E-state index >= 15 is 0 Å². The smallest absolute Gasteiger partial charge is 0.369 e. The van der Waals surface area contributed by atoms with Crippen LogP contribution in [0.25, 0.3) is 11.2 Å². The van der Waals surface area contributed by atoms with Crippen molar-refractivity contribution in [3.8, 4) is 0 Å². The van der Waals surface area contributed by atoms with E-state index in [0.717, 1.165) is 6.33 Å². The molecule has 0 aliphatic heterocycles. The number of nitrogens with one attached hydrogen (secondary N) is 1. The molecule has 2 heterocycles. The number of imidazole rings is 1. The van der Waals surface area contributed by atoms with Crippen LogP contribution in [-0.2, 0) is 9.19 Å². The van der Waals surface area contributed by atoms with Crippen LogP contribution < -0.4 is 22.2 Å². The molecular formula is C6H8N7O6P. The zero-order chi connectivity index (χ0) is 15.1. The van der Waals surface area contributed by atoms with Gasteiger partial charge in [-0.05, 0) is 0 Å². The molecule has 0 saturated carbocycles. The second-order valence-corrected chi connectivity index (χ2v) is 4.54. The Morgan fingerprint density at radius 3 is 2.75 bits per heavy atom. The number of nitrogens with two attached hydrogens (primary N) is 2. The molecule has 0 radical (unpaired) electrons. The molecule has 2 aromatic rings. The first-order chi connectivity index (χ1) is 9.19. The van der Waals surface area contributed by atoms with E-state index in [1.54, 1.807) is 0 Å². The van der Waals surface area contributed by atoms with Crippen LogP contribution in [0.4, 0.5) is 10.7 Å². The summed E-state index contributed by atoms with van der Waals surface area (Å²) in [6.07, 6.45) is 0.854. The number of nitrogens with zero attached hydrogens (tertiary/aromatic N) is 4. The van der Waals surface area contributed by atoms with Gasteiger partial charge >= 0.3 is 13.9 Å². The Morgan fingerprint density at radius 1 is 1.55 bits per heavy atom. The van der Waals surface area contributed by atoms with Crippen LogP contribution in [0.1, 0.15) is 0 Å². The molecule has 0 bridgehead atoms. The highest BCUT2D eigenvalue weighted by Gasteiger charge is 2.27. The summed E-state index contributed by atoms with van der Waals surface area (Å²) in [6, 6.07) is -1.38. The monoisotopic (exact) mass is 305 g/mol. The van der Waals surface area contributed by atoms with Crippen molar-refractivity contribution in [1.82, 2.24) is 19.6 Å². The molecule has 2 amide bonds. The predicted octanol–water partition coefficient (Wildman–Crippen LogP) is -2.26. The van der Waals surface area contributed by atoms with E-state index in [1.165, 1.54) is 0 Å². The minimum atomic E-state index is -5.09. The number of amides is 2. The van der Waals surface area contributed by atoms with Crippen LogP contribution >= 0.6 is 7.82 Å². The van der Waals surface area contributed by atoms with Crippen molar-refractivity contribution in [3.63, 3.8) is 0 Å². The van der Waals surface area contributed by atoms with Crippen LogP contribution in [0.3, 0.4) is 0 Å². The molecule has 2 rings (SSSR count). The number of hydrogen-bond acceptors (Lipinski definition) is 7. The molecule has 2 aromatic heterocycles. The number of carbonyl (C=O) groups excluding carboxylic acids is 1. The lowest BCUT2D eigenvalue weighted by atomic mass is 10.5. The van der Waals surface area contributed by atoms with Gasteiger partial charge in [-0.2, -0.15) is 9.66 Å². The summed E-state index contributed by atoms with van der Waals surface area (Å²) in [7, 11) is -5.09. The fraction of sp³-hybridized carbons (Fsp3) is 0. The SMILES string of the molecule is NC(=O)N(OP(=O)(O)O)n1cnc2c(=O)[nH]c(N)nc21. The highest BCUT2D eigenvalue weighted by molar-refractivity contribution is 7.46. The van der Waals surface area contributed by atoms with Crippen molar-refractivity contribution in [1.29, 1.82) is 0 Å². The number of anilines is 1. The summed E-state index contributed by atoms with van der Waals surface area (Å²) >= 11 is 0. The van der Waals surface area contributed by atoms with Gasteiger partial charge in [-0.3, -0.25) is 9.78 Å². The minimum absolute atomic E-state index is 0.00198. The third kappa shape index (κ3) is 2.60. The van der Waals surface area contributed by atoms with Gasteiger partial charge < -0.3 is 21.3 Å². The molecule has 20 heavy (non-hydrogen) atoms. The van der Waals surface area contributed by atoms with Crippen LogP contribution in [0.5, 0.6) is 0 Å². The van der Waals surface area contributed by atoms with E-state index in [0.29, 0.717) is 4.68 Å². The largest absolute Gasteiger partial charge is 0.493 e. The Hall–Kier alpha value is -2.47. The van der Waals surface area contributed by atoms with Crippen molar-refractivity contribution in [2.24, 2.45) is 5.73 Å². The normalized spacial score (nSPS) is 11.7. The molecule has 0 spiro atoms. The van der Waals surface area contributed by atoms with E-state index in [-0.39, 0.29) is 22.3 Å². The predicted molar refractivity (Wildman–Crippen MR) is 63.5 cm³/mol. The van der Waals surface area contributed by atoms with Crippen LogP contribution in [0.15, 0.2) is 11.1 Å². The topological polar surface area (TPSA) is 203 Å². The quantitative estimate of drug-likeness (QED) is 0.306. The number of hydrogen-bond donors (Lipinski definition) is 5. The molecule has 13 nitrogen and oxygen atoms in total. The molecule has 108 valence electrons. The first kappa shape index (κ1) is 14.0. The first-order valence-electron chi connectivity index (χ1n) is 4.77. The average molecular weight is 305 g/mol. The number of phosphoric acid groups is 1. The molecule has 0 atom stereocenters. The minimum Gasteiger partial charge on any atom is -0.369 e. The molecular weight excluding hydrogens is 297 g/mol. The Kier molecular flexibility index (Phi) is 3.19. The molecule has 0 aromatic carbocycles. The Labute approximate surface area is 108 Å². The van der Waals surface area contributed by atoms with E-state index in [2.05, 4.69) is 19.6 Å². The van der Waals surface area contributed by atoms with Crippen LogP contribution in [-0.4, -0.2) is 35.4 Å². The van der Waals surface area contributed by atoms with Crippen LogP contribution in [0, 0.1) is 0 Å². The van der Waals surface area contributed by atoms with Gasteiger partial charge in [0.25, 0.3) is 5.56 Å². The Bertz CT molecular complexity index is 776. The summed E-state index contributed by atoms with van der Waals surface area (Å²) in [6.45, 7) is 0. The number of aromatic nitrogens is 4. The Balaban J connectivity index is 2.63. The third-order valence-corrected chi connectivity index (χ3v) is 2.34. The maximum atomic E-state index is 11.5. The number of hydroxylamine groups is 1. The lowest BCUT2D eigenvalue weighted by Gasteiger charge is -2.19. The maximum absolute atomic E-state index is 11.5. The third-order valence-electron chi connectivity index (χ3n) is 1.98. The summed E-state index contributed by atoms with van der Waals surface area (Å²) in [4.78, 5) is 49.5. The van der Waals surface area contributed by atoms with Crippen molar-refractivity contribution in [2.45, 2.75) is 0 Å². The van der Waals surface area contributed by atoms with Gasteiger partial charge in [0.05, 0.1) is 0 Å². The maximum Gasteiger partial charge on any atom is 0.493 e. The first-order valence-corrected chi connectivity index (χ1v) is 6.30. The van der Waals surface area contributed by atoms with Crippen LogP contribution in [0.2, 0.25) is 0 Å². The number of fused-ring (bicyclic) bond motifs is 1. The van der Waals surface area contributed by atoms with Gasteiger partial charge in [-0.1, -0.05) is 5.17 Å². The highest BCUT2D eigenvalue weighted by Crippen LogP contribution is 2.36. The summed E-state index contributed by atoms with van der Waals surface area (Å²) in [5.41, 5.74) is 9.02. The van der Waals surface area contributed by atoms with E-state index in [9.17, 15) is 14.2 Å². The van der Waals surface area contributed by atoms with Gasteiger partial charge in [-0.15, -0.1) is 4.62 Å². The average Bonchev–Trinajstić information content (AvgIpc) is 2.68. The Morgan fingerprint density at radius 2 is 2.20 bits per heavy atom. The number of H-pyrrole nitrogens is 1. The number of primary amides is 1. The molecule has 0 saturated heterocycles. The zero-order valence-corrected chi connectivity index (χ0v) is 10.4. The van der Waals surface area contributed by atoms with Crippen molar-refractivity contribution < 1.29 is 23.8 Å². The van der Waals surface area contributed by atoms with Crippen molar-refractivity contribution in [3.05, 3.63) is 16.7 Å². The number of aromatic amines is 1. The summed E-state index contributed by atoms with van der Waals surface area (Å²) < 4.78 is 15.5. The van der Waals surface area contributed by atoms with Gasteiger partial charge in [0.2, 0.25) is 5.95 Å². The molecule has 0 aliphatic rings. The van der Waals surface area contributed by atoms with Gasteiger partial charge in [0, 0.05) is 0 Å². The second kappa shape index (κ2) is 4.57. The van der Waals surface area contributed by atoms with Crippen molar-refractivity contribution >= 4 is 31.0 Å². The van der Waals surface area contributed by atoms with Crippen molar-refractivity contribution in [2.75, 3.05) is 10.9 Å². The van der Waals surface area contributed by atoms with E-state index < -0.39 is 19.4 Å². The fourth-order valence-corrected chi connectivity index (χ4v) is 1.70. The number of nitrogen functional groups attached to an aromatic ring is 1. The number of rotatable bonds is 3. The molecule has 7 N–H and O–H groups in total. The number of urea groups is 1. The summed E-state index contributed by atoms with van der Waals surface area (Å²) in [5.74, 6) is -0.301. The van der Waals surface area contributed by atoms with Gasteiger partial charge in [0.15, 0.2) is 11.2 Å². The molecule has 0 fully saturated rings. The van der Waals surface area contributed by atoms with Gasteiger partial charge in [-0.25, -0.2) is 14.3 Å².